The van der Waals surface area contributed by atoms with Gasteiger partial charge in [0.05, 0.1) is 12.8 Å². The molecule has 3 heteroatoms. The highest BCUT2D eigenvalue weighted by atomic mass is 16.5. The molecule has 1 aromatic heterocycles. The molecule has 0 atom stereocenters. The monoisotopic (exact) mass is 271 g/mol. The Morgan fingerprint density at radius 1 is 1.25 bits per heavy atom. The second-order valence-corrected chi connectivity index (χ2v) is 5.51. The molecule has 1 aliphatic carbocycles. The number of nitrogens with one attached hydrogen (secondary N) is 1. The molecule has 1 heterocycles. The first kappa shape index (κ1) is 13.3. The summed E-state index contributed by atoms with van der Waals surface area (Å²) in [5, 5.41) is 3.47. The second-order valence-electron chi connectivity index (χ2n) is 5.51. The maximum absolute atomic E-state index is 5.94. The molecule has 3 rings (SSSR count). The van der Waals surface area contributed by atoms with Crippen LogP contribution in [0.15, 0.2) is 34.9 Å². The first-order chi connectivity index (χ1) is 9.74. The Morgan fingerprint density at radius 3 is 2.90 bits per heavy atom. The standard InChI is InChI=1S/C17H21NO2/c1-12-4-3-5-16(13(12)2)20-11-14-8-9-19-17(14)10-18-15-6-7-15/h3-5,8-9,15,18H,6-7,10-11H2,1-2H3. The summed E-state index contributed by atoms with van der Waals surface area (Å²) in [6.07, 6.45) is 4.32. The molecule has 3 nitrogen and oxygen atoms in total. The van der Waals surface area contributed by atoms with Crippen molar-refractivity contribution in [3.05, 3.63) is 53.0 Å². The van der Waals surface area contributed by atoms with Gasteiger partial charge in [0.2, 0.25) is 0 Å². The molecule has 2 aromatic rings. The largest absolute Gasteiger partial charge is 0.488 e. The maximum atomic E-state index is 5.94. The van der Waals surface area contributed by atoms with Gasteiger partial charge in [0.15, 0.2) is 0 Å². The fraction of sp³-hybridized carbons (Fsp3) is 0.412. The van der Waals surface area contributed by atoms with Gasteiger partial charge < -0.3 is 14.5 Å². The minimum atomic E-state index is 0.558. The van der Waals surface area contributed by atoms with E-state index >= 15 is 0 Å². The lowest BCUT2D eigenvalue weighted by Crippen LogP contribution is -2.16. The summed E-state index contributed by atoms with van der Waals surface area (Å²) in [6.45, 7) is 5.55. The third kappa shape index (κ3) is 3.05. The van der Waals surface area contributed by atoms with Crippen LogP contribution >= 0.6 is 0 Å². The Hall–Kier alpha value is -1.74. The van der Waals surface area contributed by atoms with Crippen molar-refractivity contribution in [3.63, 3.8) is 0 Å². The Kier molecular flexibility index (Phi) is 3.79. The molecule has 0 amide bonds. The molecule has 0 spiro atoms. The zero-order valence-corrected chi connectivity index (χ0v) is 12.1. The quantitative estimate of drug-likeness (QED) is 0.869. The predicted octanol–water partition coefficient (Wildman–Crippen LogP) is 3.73. The van der Waals surface area contributed by atoms with Gasteiger partial charge in [-0.1, -0.05) is 12.1 Å². The van der Waals surface area contributed by atoms with Crippen molar-refractivity contribution in [2.45, 2.75) is 45.9 Å². The topological polar surface area (TPSA) is 34.4 Å². The van der Waals surface area contributed by atoms with Gasteiger partial charge in [-0.3, -0.25) is 0 Å². The van der Waals surface area contributed by atoms with Crippen LogP contribution in [-0.2, 0) is 13.2 Å². The van der Waals surface area contributed by atoms with Crippen molar-refractivity contribution < 1.29 is 9.15 Å². The van der Waals surface area contributed by atoms with Gasteiger partial charge in [-0.2, -0.15) is 0 Å². The van der Waals surface area contributed by atoms with Crippen LogP contribution in [-0.4, -0.2) is 6.04 Å². The molecule has 1 aliphatic rings. The molecule has 1 N–H and O–H groups in total. The average Bonchev–Trinajstić information content (AvgIpc) is 3.17. The van der Waals surface area contributed by atoms with Gasteiger partial charge in [0.1, 0.15) is 18.1 Å². The van der Waals surface area contributed by atoms with E-state index in [1.54, 1.807) is 6.26 Å². The Morgan fingerprint density at radius 2 is 2.10 bits per heavy atom. The van der Waals surface area contributed by atoms with Crippen molar-refractivity contribution in [1.82, 2.24) is 5.32 Å². The first-order valence-corrected chi connectivity index (χ1v) is 7.21. The van der Waals surface area contributed by atoms with Crippen molar-refractivity contribution in [3.8, 4) is 5.75 Å². The highest BCUT2D eigenvalue weighted by molar-refractivity contribution is 5.38. The van der Waals surface area contributed by atoms with Gasteiger partial charge in [0.25, 0.3) is 0 Å². The van der Waals surface area contributed by atoms with Crippen LogP contribution in [0.25, 0.3) is 0 Å². The number of ether oxygens (including phenoxy) is 1. The van der Waals surface area contributed by atoms with Gasteiger partial charge in [-0.25, -0.2) is 0 Å². The van der Waals surface area contributed by atoms with Crippen molar-refractivity contribution in [2.24, 2.45) is 0 Å². The van der Waals surface area contributed by atoms with Crippen molar-refractivity contribution >= 4 is 0 Å². The van der Waals surface area contributed by atoms with Crippen LogP contribution in [0.3, 0.4) is 0 Å². The molecule has 20 heavy (non-hydrogen) atoms. The Bertz CT molecular complexity index is 584. The summed E-state index contributed by atoms with van der Waals surface area (Å²) in [4.78, 5) is 0. The van der Waals surface area contributed by atoms with Crippen LogP contribution in [0.4, 0.5) is 0 Å². The van der Waals surface area contributed by atoms with Crippen molar-refractivity contribution in [2.75, 3.05) is 0 Å². The minimum absolute atomic E-state index is 0.558. The van der Waals surface area contributed by atoms with Crippen LogP contribution in [0.5, 0.6) is 5.75 Å². The number of hydrogen-bond donors (Lipinski definition) is 1. The summed E-state index contributed by atoms with van der Waals surface area (Å²) in [7, 11) is 0. The Balaban J connectivity index is 1.62. The van der Waals surface area contributed by atoms with E-state index in [2.05, 4.69) is 25.2 Å². The summed E-state index contributed by atoms with van der Waals surface area (Å²) in [6, 6.07) is 8.83. The molecule has 0 unspecified atom stereocenters. The molecular weight excluding hydrogens is 250 g/mol. The van der Waals surface area contributed by atoms with Gasteiger partial charge in [-0.05, 0) is 49.9 Å². The van der Waals surface area contributed by atoms with E-state index in [4.69, 9.17) is 9.15 Å². The second kappa shape index (κ2) is 5.71. The lowest BCUT2D eigenvalue weighted by Gasteiger charge is -2.11. The van der Waals surface area contributed by atoms with E-state index in [-0.39, 0.29) is 0 Å². The maximum Gasteiger partial charge on any atom is 0.124 e. The van der Waals surface area contributed by atoms with Crippen LogP contribution in [0.1, 0.15) is 35.3 Å². The third-order valence-corrected chi connectivity index (χ3v) is 3.90. The lowest BCUT2D eigenvalue weighted by molar-refractivity contribution is 0.299. The molecule has 1 saturated carbocycles. The van der Waals surface area contributed by atoms with E-state index in [9.17, 15) is 0 Å². The summed E-state index contributed by atoms with van der Waals surface area (Å²) in [5.74, 6) is 1.94. The molecule has 1 aromatic carbocycles. The third-order valence-electron chi connectivity index (χ3n) is 3.90. The fourth-order valence-electron chi connectivity index (χ4n) is 2.21. The van der Waals surface area contributed by atoms with E-state index in [0.717, 1.165) is 23.6 Å². The average molecular weight is 271 g/mol. The molecule has 106 valence electrons. The van der Waals surface area contributed by atoms with Gasteiger partial charge in [0, 0.05) is 11.6 Å². The highest BCUT2D eigenvalue weighted by Gasteiger charge is 2.21. The fourth-order valence-corrected chi connectivity index (χ4v) is 2.21. The SMILES string of the molecule is Cc1cccc(OCc2ccoc2CNC2CC2)c1C. The number of aryl methyl sites for hydroxylation is 1. The predicted molar refractivity (Wildman–Crippen MR) is 78.8 cm³/mol. The number of benzene rings is 1. The smallest absolute Gasteiger partial charge is 0.124 e. The van der Waals surface area contributed by atoms with Crippen LogP contribution in [0, 0.1) is 13.8 Å². The van der Waals surface area contributed by atoms with E-state index in [0.29, 0.717) is 12.6 Å². The van der Waals surface area contributed by atoms with Crippen LogP contribution < -0.4 is 10.1 Å². The van der Waals surface area contributed by atoms with E-state index in [1.165, 1.54) is 24.0 Å². The minimum Gasteiger partial charge on any atom is -0.488 e. The number of furan rings is 1. The summed E-state index contributed by atoms with van der Waals surface area (Å²) in [5.41, 5.74) is 3.58. The molecule has 0 aliphatic heterocycles. The number of rotatable bonds is 6. The van der Waals surface area contributed by atoms with Gasteiger partial charge in [-0.15, -0.1) is 0 Å². The molecule has 0 radical (unpaired) electrons. The van der Waals surface area contributed by atoms with Crippen molar-refractivity contribution in [1.29, 1.82) is 0 Å². The normalized spacial score (nSPS) is 14.5. The molecule has 0 bridgehead atoms. The Labute approximate surface area is 119 Å². The summed E-state index contributed by atoms with van der Waals surface area (Å²) < 4.78 is 11.5. The lowest BCUT2D eigenvalue weighted by atomic mass is 10.1. The zero-order chi connectivity index (χ0) is 13.9. The highest BCUT2D eigenvalue weighted by Crippen LogP contribution is 2.23. The molecule has 0 saturated heterocycles. The molecule has 1 fully saturated rings. The van der Waals surface area contributed by atoms with Crippen LogP contribution in [0.2, 0.25) is 0 Å². The van der Waals surface area contributed by atoms with E-state index < -0.39 is 0 Å². The molecular formula is C17H21NO2. The number of hydrogen-bond acceptors (Lipinski definition) is 3. The van der Waals surface area contributed by atoms with Gasteiger partial charge >= 0.3 is 0 Å². The zero-order valence-electron chi connectivity index (χ0n) is 12.1. The first-order valence-electron chi connectivity index (χ1n) is 7.21. The van der Waals surface area contributed by atoms with E-state index in [1.807, 2.05) is 18.2 Å². The summed E-state index contributed by atoms with van der Waals surface area (Å²) >= 11 is 0.